The number of hydrogen-bond acceptors (Lipinski definition) is 4. The molecule has 2 N–H and O–H groups in total. The van der Waals surface area contributed by atoms with Crippen LogP contribution >= 0.6 is 27.7 Å². The van der Waals surface area contributed by atoms with Crippen LogP contribution in [0.25, 0.3) is 0 Å². The lowest BCUT2D eigenvalue weighted by atomic mass is 10.2. The highest BCUT2D eigenvalue weighted by Gasteiger charge is 2.13. The van der Waals surface area contributed by atoms with Crippen LogP contribution in [0.2, 0.25) is 0 Å². The molecule has 0 aromatic carbocycles. The highest BCUT2D eigenvalue weighted by Crippen LogP contribution is 2.08. The molecule has 94 valence electrons. The van der Waals surface area contributed by atoms with E-state index in [2.05, 4.69) is 26.2 Å². The lowest BCUT2D eigenvalue weighted by Crippen LogP contribution is -2.37. The first kappa shape index (κ1) is 14.5. The molecule has 4 nitrogen and oxygen atoms in total. The molecule has 1 atom stereocenters. The second-order valence-corrected chi connectivity index (χ2v) is 5.33. The Kier molecular flexibility index (Phi) is 6.54. The fraction of sp³-hybridized carbons (Fsp3) is 0.455. The Morgan fingerprint density at radius 2 is 2.41 bits per heavy atom. The first-order valence-corrected chi connectivity index (χ1v) is 7.38. The number of halogens is 1. The molecule has 1 aromatic heterocycles. The number of rotatable bonds is 6. The van der Waals surface area contributed by atoms with Gasteiger partial charge in [0.05, 0.1) is 0 Å². The third-order valence-corrected chi connectivity index (χ3v) is 3.35. The van der Waals surface area contributed by atoms with E-state index in [-0.39, 0.29) is 18.6 Å². The van der Waals surface area contributed by atoms with E-state index in [1.54, 1.807) is 30.1 Å². The fourth-order valence-electron chi connectivity index (χ4n) is 1.32. The highest BCUT2D eigenvalue weighted by atomic mass is 79.9. The predicted octanol–water partition coefficient (Wildman–Crippen LogP) is 1.69. The maximum atomic E-state index is 11.8. The van der Waals surface area contributed by atoms with Crippen LogP contribution in [0.5, 0.6) is 0 Å². The minimum absolute atomic E-state index is 0.0204. The second kappa shape index (κ2) is 7.68. The molecule has 1 amide bonds. The lowest BCUT2D eigenvalue weighted by Gasteiger charge is -2.16. The van der Waals surface area contributed by atoms with E-state index < -0.39 is 0 Å². The summed E-state index contributed by atoms with van der Waals surface area (Å²) in [5.74, 6) is 0.577. The smallest absolute Gasteiger partial charge is 0.270 e. The Hall–Kier alpha value is -0.590. The van der Waals surface area contributed by atoms with Crippen molar-refractivity contribution in [1.29, 1.82) is 0 Å². The molecule has 0 unspecified atom stereocenters. The quantitative estimate of drug-likeness (QED) is 0.838. The Bertz CT molecular complexity index is 353. The SMILES string of the molecule is CSC[C@@H](CCO)NC(=O)c1ccc(Br)cn1. The van der Waals surface area contributed by atoms with E-state index in [9.17, 15) is 4.79 Å². The summed E-state index contributed by atoms with van der Waals surface area (Å²) < 4.78 is 0.838. The molecule has 17 heavy (non-hydrogen) atoms. The van der Waals surface area contributed by atoms with Gasteiger partial charge < -0.3 is 10.4 Å². The lowest BCUT2D eigenvalue weighted by molar-refractivity contribution is 0.0930. The molecule has 0 spiro atoms. The summed E-state index contributed by atoms with van der Waals surface area (Å²) in [5.41, 5.74) is 0.386. The molecule has 0 bridgehead atoms. The van der Waals surface area contributed by atoms with Crippen LogP contribution < -0.4 is 5.32 Å². The summed E-state index contributed by atoms with van der Waals surface area (Å²) in [6.45, 7) is 0.0687. The van der Waals surface area contributed by atoms with Crippen molar-refractivity contribution in [2.24, 2.45) is 0 Å². The van der Waals surface area contributed by atoms with Gasteiger partial charge in [-0.15, -0.1) is 0 Å². The van der Waals surface area contributed by atoms with Gasteiger partial charge in [0.15, 0.2) is 0 Å². The molecule has 6 heteroatoms. The van der Waals surface area contributed by atoms with Crippen LogP contribution in [-0.4, -0.2) is 40.7 Å². The minimum atomic E-state index is -0.204. The molecule has 0 fully saturated rings. The zero-order valence-corrected chi connectivity index (χ0v) is 11.9. The van der Waals surface area contributed by atoms with Gasteiger partial charge >= 0.3 is 0 Å². The van der Waals surface area contributed by atoms with Crippen LogP contribution in [-0.2, 0) is 0 Å². The van der Waals surface area contributed by atoms with E-state index >= 15 is 0 Å². The average Bonchev–Trinajstić information content (AvgIpc) is 2.30. The van der Waals surface area contributed by atoms with E-state index in [0.717, 1.165) is 10.2 Å². The molecule has 0 aliphatic carbocycles. The predicted molar refractivity (Wildman–Crippen MR) is 73.3 cm³/mol. The average molecular weight is 319 g/mol. The van der Waals surface area contributed by atoms with Crippen LogP contribution in [0.4, 0.5) is 0 Å². The molecule has 0 aliphatic rings. The number of amides is 1. The third kappa shape index (κ3) is 5.06. The van der Waals surface area contributed by atoms with Crippen LogP contribution in [0, 0.1) is 0 Å². The van der Waals surface area contributed by atoms with Gasteiger partial charge in [0.25, 0.3) is 5.91 Å². The number of aliphatic hydroxyl groups excluding tert-OH is 1. The number of carbonyl (C=O) groups excluding carboxylic acids is 1. The largest absolute Gasteiger partial charge is 0.396 e. The minimum Gasteiger partial charge on any atom is -0.396 e. The first-order chi connectivity index (χ1) is 8.17. The van der Waals surface area contributed by atoms with Gasteiger partial charge in [-0.25, -0.2) is 4.98 Å². The maximum absolute atomic E-state index is 11.8. The number of pyridine rings is 1. The fourth-order valence-corrected chi connectivity index (χ4v) is 2.21. The van der Waals surface area contributed by atoms with Crippen molar-refractivity contribution in [2.45, 2.75) is 12.5 Å². The normalized spacial score (nSPS) is 12.2. The molecule has 0 saturated carbocycles. The van der Waals surface area contributed by atoms with Gasteiger partial charge in [-0.2, -0.15) is 11.8 Å². The number of thioether (sulfide) groups is 1. The Balaban J connectivity index is 2.60. The first-order valence-electron chi connectivity index (χ1n) is 5.19. The number of nitrogens with zero attached hydrogens (tertiary/aromatic N) is 1. The maximum Gasteiger partial charge on any atom is 0.270 e. The summed E-state index contributed by atoms with van der Waals surface area (Å²) in [7, 11) is 0. The topological polar surface area (TPSA) is 62.2 Å². The summed E-state index contributed by atoms with van der Waals surface area (Å²) in [6.07, 6.45) is 4.11. The van der Waals surface area contributed by atoms with Crippen LogP contribution in [0.1, 0.15) is 16.9 Å². The zero-order chi connectivity index (χ0) is 12.7. The summed E-state index contributed by atoms with van der Waals surface area (Å²) >= 11 is 4.90. The summed E-state index contributed by atoms with van der Waals surface area (Å²) in [6, 6.07) is 3.42. The number of aliphatic hydroxyl groups is 1. The number of nitrogens with one attached hydrogen (secondary N) is 1. The van der Waals surface area contributed by atoms with Crippen molar-refractivity contribution >= 4 is 33.6 Å². The van der Waals surface area contributed by atoms with Crippen LogP contribution in [0.15, 0.2) is 22.8 Å². The second-order valence-electron chi connectivity index (χ2n) is 3.50. The monoisotopic (exact) mass is 318 g/mol. The van der Waals surface area contributed by atoms with Crippen molar-refractivity contribution < 1.29 is 9.90 Å². The standard InChI is InChI=1S/C11H15BrN2O2S/c1-17-7-9(4-5-15)14-11(16)10-3-2-8(12)6-13-10/h2-3,6,9,15H,4-5,7H2,1H3,(H,14,16)/t9-/m1/s1. The van der Waals surface area contributed by atoms with Gasteiger partial charge in [-0.3, -0.25) is 4.79 Å². The van der Waals surface area contributed by atoms with Crippen molar-refractivity contribution in [3.63, 3.8) is 0 Å². The molecule has 1 aromatic rings. The molecule has 0 radical (unpaired) electrons. The van der Waals surface area contributed by atoms with Crippen molar-refractivity contribution in [3.8, 4) is 0 Å². The van der Waals surface area contributed by atoms with Crippen molar-refractivity contribution in [3.05, 3.63) is 28.5 Å². The number of carbonyl (C=O) groups is 1. The molecular formula is C11H15BrN2O2S. The van der Waals surface area contributed by atoms with Gasteiger partial charge in [0.1, 0.15) is 5.69 Å². The van der Waals surface area contributed by atoms with Gasteiger partial charge in [0, 0.05) is 29.1 Å². The van der Waals surface area contributed by atoms with Crippen molar-refractivity contribution in [1.82, 2.24) is 10.3 Å². The van der Waals surface area contributed by atoms with E-state index in [4.69, 9.17) is 5.11 Å². The number of aromatic nitrogens is 1. The highest BCUT2D eigenvalue weighted by molar-refractivity contribution is 9.10. The third-order valence-electron chi connectivity index (χ3n) is 2.14. The van der Waals surface area contributed by atoms with Crippen molar-refractivity contribution in [2.75, 3.05) is 18.6 Å². The summed E-state index contributed by atoms with van der Waals surface area (Å²) in [5, 5.41) is 11.8. The molecule has 1 rings (SSSR count). The molecular weight excluding hydrogens is 304 g/mol. The molecule has 0 saturated heterocycles. The van der Waals surface area contributed by atoms with Gasteiger partial charge in [-0.1, -0.05) is 0 Å². The van der Waals surface area contributed by atoms with Gasteiger partial charge in [-0.05, 0) is 40.7 Å². The van der Waals surface area contributed by atoms with E-state index in [1.807, 2.05) is 6.26 Å². The van der Waals surface area contributed by atoms with Crippen LogP contribution in [0.3, 0.4) is 0 Å². The Labute approximate surface area is 113 Å². The van der Waals surface area contributed by atoms with Gasteiger partial charge in [0.2, 0.25) is 0 Å². The van der Waals surface area contributed by atoms with E-state index in [1.165, 1.54) is 0 Å². The zero-order valence-electron chi connectivity index (χ0n) is 9.52. The Morgan fingerprint density at radius 3 is 2.94 bits per heavy atom. The Morgan fingerprint density at radius 1 is 1.65 bits per heavy atom. The number of hydrogen-bond donors (Lipinski definition) is 2. The summed E-state index contributed by atoms with van der Waals surface area (Å²) in [4.78, 5) is 15.9. The molecule has 0 aliphatic heterocycles. The molecule has 1 heterocycles. The van der Waals surface area contributed by atoms with E-state index in [0.29, 0.717) is 12.1 Å².